The predicted molar refractivity (Wildman–Crippen MR) is 85.8 cm³/mol. The second-order valence-electron chi connectivity index (χ2n) is 5.10. The highest BCUT2D eigenvalue weighted by Crippen LogP contribution is 2.18. The monoisotopic (exact) mass is 293 g/mol. The maximum absolute atomic E-state index is 12.3. The molecule has 0 aliphatic rings. The third-order valence-corrected chi connectivity index (χ3v) is 3.58. The van der Waals surface area contributed by atoms with Crippen LogP contribution in [0.15, 0.2) is 54.7 Å². The Hall–Kier alpha value is -3.08. The second kappa shape index (κ2) is 5.37. The molecular formula is C17H15N3O2. The van der Waals surface area contributed by atoms with E-state index in [-0.39, 0.29) is 5.91 Å². The summed E-state index contributed by atoms with van der Waals surface area (Å²) in [6.45, 7) is 0. The van der Waals surface area contributed by atoms with E-state index in [1.165, 1.54) is 0 Å². The van der Waals surface area contributed by atoms with E-state index in [2.05, 4.69) is 5.32 Å². The zero-order chi connectivity index (χ0) is 15.7. The number of benzene rings is 2. The van der Waals surface area contributed by atoms with Gasteiger partial charge in [-0.25, -0.2) is 0 Å². The lowest BCUT2D eigenvalue weighted by molar-refractivity contribution is 0.0998. The summed E-state index contributed by atoms with van der Waals surface area (Å²) in [5.41, 5.74) is 7.78. The van der Waals surface area contributed by atoms with E-state index in [1.807, 2.05) is 36.0 Å². The molecular weight excluding hydrogens is 278 g/mol. The number of hydrogen-bond acceptors (Lipinski definition) is 2. The Morgan fingerprint density at radius 3 is 2.36 bits per heavy atom. The Morgan fingerprint density at radius 2 is 1.68 bits per heavy atom. The normalized spacial score (nSPS) is 10.6. The maximum Gasteiger partial charge on any atom is 0.255 e. The van der Waals surface area contributed by atoms with Crippen molar-refractivity contribution in [1.29, 1.82) is 0 Å². The molecule has 0 fully saturated rings. The molecule has 0 atom stereocenters. The highest BCUT2D eigenvalue weighted by atomic mass is 16.2. The van der Waals surface area contributed by atoms with E-state index in [0.717, 1.165) is 10.9 Å². The van der Waals surface area contributed by atoms with Gasteiger partial charge in [0.15, 0.2) is 0 Å². The van der Waals surface area contributed by atoms with Crippen LogP contribution in [0, 0.1) is 0 Å². The molecule has 0 unspecified atom stereocenters. The summed E-state index contributed by atoms with van der Waals surface area (Å²) in [5, 5.41) is 3.89. The van der Waals surface area contributed by atoms with Crippen LogP contribution in [0.3, 0.4) is 0 Å². The van der Waals surface area contributed by atoms with Crippen LogP contribution in [0.1, 0.15) is 20.7 Å². The van der Waals surface area contributed by atoms with Crippen LogP contribution >= 0.6 is 0 Å². The molecule has 0 saturated heterocycles. The van der Waals surface area contributed by atoms with Crippen molar-refractivity contribution in [3.63, 3.8) is 0 Å². The Balaban J connectivity index is 1.83. The third kappa shape index (κ3) is 2.56. The second-order valence-corrected chi connectivity index (χ2v) is 5.10. The van der Waals surface area contributed by atoms with Gasteiger partial charge >= 0.3 is 0 Å². The Kier molecular flexibility index (Phi) is 3.39. The summed E-state index contributed by atoms with van der Waals surface area (Å²) in [6, 6.07) is 14.0. The van der Waals surface area contributed by atoms with Crippen LogP contribution in [0.4, 0.5) is 5.69 Å². The first-order valence-corrected chi connectivity index (χ1v) is 6.81. The molecule has 0 aliphatic heterocycles. The first-order chi connectivity index (χ1) is 10.5. The van der Waals surface area contributed by atoms with E-state index in [1.54, 1.807) is 30.3 Å². The molecule has 1 heterocycles. The fourth-order valence-electron chi connectivity index (χ4n) is 2.32. The van der Waals surface area contributed by atoms with E-state index in [9.17, 15) is 9.59 Å². The van der Waals surface area contributed by atoms with Gasteiger partial charge in [0.1, 0.15) is 0 Å². The summed E-state index contributed by atoms with van der Waals surface area (Å²) < 4.78 is 1.97. The van der Waals surface area contributed by atoms with Gasteiger partial charge in [0, 0.05) is 35.6 Å². The lowest BCUT2D eigenvalue weighted by Gasteiger charge is -2.06. The number of nitrogens with two attached hydrogens (primary N) is 1. The molecule has 3 rings (SSSR count). The van der Waals surface area contributed by atoms with Crippen molar-refractivity contribution in [2.24, 2.45) is 12.8 Å². The number of anilines is 1. The molecule has 3 N–H and O–H groups in total. The predicted octanol–water partition coefficient (Wildman–Crippen LogP) is 2.53. The molecule has 0 bridgehead atoms. The molecule has 0 radical (unpaired) electrons. The minimum Gasteiger partial charge on any atom is -0.366 e. The average Bonchev–Trinajstić information content (AvgIpc) is 2.88. The maximum atomic E-state index is 12.3. The molecule has 5 heteroatoms. The van der Waals surface area contributed by atoms with Crippen molar-refractivity contribution in [3.8, 4) is 0 Å². The molecule has 2 aromatic carbocycles. The zero-order valence-corrected chi connectivity index (χ0v) is 12.0. The molecule has 110 valence electrons. The minimum atomic E-state index is -0.493. The van der Waals surface area contributed by atoms with Gasteiger partial charge in [-0.2, -0.15) is 0 Å². The van der Waals surface area contributed by atoms with E-state index in [0.29, 0.717) is 16.8 Å². The molecule has 0 saturated carbocycles. The van der Waals surface area contributed by atoms with Crippen molar-refractivity contribution in [3.05, 3.63) is 65.9 Å². The SMILES string of the molecule is Cn1ccc2ccc(C(=O)Nc3ccc(C(N)=O)cc3)cc21. The van der Waals surface area contributed by atoms with Crippen molar-refractivity contribution in [1.82, 2.24) is 4.57 Å². The minimum absolute atomic E-state index is 0.199. The Bertz CT molecular complexity index is 863. The topological polar surface area (TPSA) is 77.1 Å². The number of primary amides is 1. The number of amides is 2. The molecule has 1 aromatic heterocycles. The van der Waals surface area contributed by atoms with Crippen molar-refractivity contribution >= 4 is 28.4 Å². The first kappa shape index (κ1) is 13.9. The third-order valence-electron chi connectivity index (χ3n) is 3.58. The molecule has 0 spiro atoms. The fraction of sp³-hybridized carbons (Fsp3) is 0.0588. The van der Waals surface area contributed by atoms with Gasteiger partial charge in [-0.1, -0.05) is 6.07 Å². The molecule has 3 aromatic rings. The molecule has 2 amide bonds. The van der Waals surface area contributed by atoms with Gasteiger partial charge in [-0.3, -0.25) is 9.59 Å². The van der Waals surface area contributed by atoms with Crippen molar-refractivity contribution in [2.45, 2.75) is 0 Å². The number of aryl methyl sites for hydroxylation is 1. The number of rotatable bonds is 3. The number of carbonyl (C=O) groups is 2. The highest BCUT2D eigenvalue weighted by molar-refractivity contribution is 6.06. The van der Waals surface area contributed by atoms with E-state index < -0.39 is 5.91 Å². The number of nitrogens with zero attached hydrogens (tertiary/aromatic N) is 1. The van der Waals surface area contributed by atoms with Crippen LogP contribution < -0.4 is 11.1 Å². The fourth-order valence-corrected chi connectivity index (χ4v) is 2.32. The van der Waals surface area contributed by atoms with Crippen LogP contribution in [0.2, 0.25) is 0 Å². The summed E-state index contributed by atoms with van der Waals surface area (Å²) >= 11 is 0. The number of nitrogens with one attached hydrogen (secondary N) is 1. The van der Waals surface area contributed by atoms with Crippen molar-refractivity contribution in [2.75, 3.05) is 5.32 Å². The summed E-state index contributed by atoms with van der Waals surface area (Å²) in [5.74, 6) is -0.693. The average molecular weight is 293 g/mol. The number of carbonyl (C=O) groups excluding carboxylic acids is 2. The number of hydrogen-bond donors (Lipinski definition) is 2. The van der Waals surface area contributed by atoms with Gasteiger partial charge in [0.05, 0.1) is 0 Å². The summed E-state index contributed by atoms with van der Waals surface area (Å²) in [6.07, 6.45) is 1.95. The largest absolute Gasteiger partial charge is 0.366 e. The quantitative estimate of drug-likeness (QED) is 0.778. The highest BCUT2D eigenvalue weighted by Gasteiger charge is 2.09. The van der Waals surface area contributed by atoms with Gasteiger partial charge in [-0.15, -0.1) is 0 Å². The van der Waals surface area contributed by atoms with Crippen molar-refractivity contribution < 1.29 is 9.59 Å². The van der Waals surface area contributed by atoms with Gasteiger partial charge in [0.2, 0.25) is 5.91 Å². The van der Waals surface area contributed by atoms with Gasteiger partial charge < -0.3 is 15.6 Å². The lowest BCUT2D eigenvalue weighted by atomic mass is 10.1. The number of aromatic nitrogens is 1. The molecule has 0 aliphatic carbocycles. The van der Waals surface area contributed by atoms with E-state index >= 15 is 0 Å². The van der Waals surface area contributed by atoms with Crippen LogP contribution in [0.5, 0.6) is 0 Å². The van der Waals surface area contributed by atoms with Crippen LogP contribution in [0.25, 0.3) is 10.9 Å². The first-order valence-electron chi connectivity index (χ1n) is 6.81. The van der Waals surface area contributed by atoms with Crippen LogP contribution in [-0.2, 0) is 7.05 Å². The Morgan fingerprint density at radius 1 is 1.00 bits per heavy atom. The number of fused-ring (bicyclic) bond motifs is 1. The smallest absolute Gasteiger partial charge is 0.255 e. The summed E-state index contributed by atoms with van der Waals surface area (Å²) in [4.78, 5) is 23.3. The standard InChI is InChI=1S/C17H15N3O2/c1-20-9-8-11-2-3-13(10-15(11)20)17(22)19-14-6-4-12(5-7-14)16(18)21/h2-10H,1H3,(H2,18,21)(H,19,22). The zero-order valence-electron chi connectivity index (χ0n) is 12.0. The lowest BCUT2D eigenvalue weighted by Crippen LogP contribution is -2.13. The summed E-state index contributed by atoms with van der Waals surface area (Å²) in [7, 11) is 1.94. The van der Waals surface area contributed by atoms with Gasteiger partial charge in [-0.05, 0) is 47.9 Å². The van der Waals surface area contributed by atoms with Gasteiger partial charge in [0.25, 0.3) is 5.91 Å². The molecule has 5 nitrogen and oxygen atoms in total. The Labute approximate surface area is 127 Å². The molecule has 22 heavy (non-hydrogen) atoms. The van der Waals surface area contributed by atoms with Crippen LogP contribution in [-0.4, -0.2) is 16.4 Å². The van der Waals surface area contributed by atoms with E-state index in [4.69, 9.17) is 5.73 Å².